The van der Waals surface area contributed by atoms with Crippen LogP contribution >= 0.6 is 0 Å². The fourth-order valence-corrected chi connectivity index (χ4v) is 4.90. The summed E-state index contributed by atoms with van der Waals surface area (Å²) in [6, 6.07) is 9.75. The van der Waals surface area contributed by atoms with E-state index in [1.54, 1.807) is 6.07 Å². The third kappa shape index (κ3) is 3.98. The van der Waals surface area contributed by atoms with Crippen LogP contribution in [0.2, 0.25) is 0 Å². The molecule has 0 saturated carbocycles. The molecule has 1 atom stereocenters. The van der Waals surface area contributed by atoms with Crippen molar-refractivity contribution in [1.29, 1.82) is 0 Å². The molecule has 0 spiro atoms. The highest BCUT2D eigenvalue weighted by Crippen LogP contribution is 2.35. The minimum Gasteiger partial charge on any atom is -0.479 e. The lowest BCUT2D eigenvalue weighted by Crippen LogP contribution is -2.30. The van der Waals surface area contributed by atoms with E-state index in [1.807, 2.05) is 0 Å². The average Bonchev–Trinajstić information content (AvgIpc) is 3.41. The van der Waals surface area contributed by atoms with Crippen LogP contribution in [-0.2, 0) is 12.7 Å². The molecule has 1 aliphatic heterocycles. The molecule has 0 N–H and O–H groups in total. The average molecular weight is 504 g/mol. The summed E-state index contributed by atoms with van der Waals surface area (Å²) < 4.78 is 77.6. The summed E-state index contributed by atoms with van der Waals surface area (Å²) in [6.45, 7) is 0.0693. The lowest BCUT2D eigenvalue weighted by molar-refractivity contribution is -0.138. The molecule has 2 aromatic heterocycles. The topological polar surface area (TPSA) is 52.3 Å². The van der Waals surface area contributed by atoms with Crippen molar-refractivity contribution < 1.29 is 26.7 Å². The molecule has 0 amide bonds. The zero-order chi connectivity index (χ0) is 25.6. The van der Waals surface area contributed by atoms with Gasteiger partial charge in [-0.15, -0.1) is 0 Å². The van der Waals surface area contributed by atoms with Gasteiger partial charge in [-0.05, 0) is 36.2 Å². The number of imidazole rings is 1. The number of anilines is 1. The molecule has 6 nitrogen and oxygen atoms in total. The molecule has 36 heavy (non-hydrogen) atoms. The number of benzene rings is 2. The van der Waals surface area contributed by atoms with Gasteiger partial charge in [0.1, 0.15) is 22.8 Å². The molecule has 1 fully saturated rings. The lowest BCUT2D eigenvalue weighted by atomic mass is 10.1. The first-order valence-electron chi connectivity index (χ1n) is 11.2. The smallest absolute Gasteiger partial charge is 0.416 e. The molecular weight excluding hydrogens is 483 g/mol. The Morgan fingerprint density at radius 3 is 2.47 bits per heavy atom. The molecule has 0 bridgehead atoms. The molecule has 0 radical (unpaired) electrons. The summed E-state index contributed by atoms with van der Waals surface area (Å²) >= 11 is 0. The number of hydrogen-bond acceptors (Lipinski definition) is 4. The number of hydrogen-bond donors (Lipinski definition) is 0. The van der Waals surface area contributed by atoms with Gasteiger partial charge >= 0.3 is 11.9 Å². The van der Waals surface area contributed by atoms with Gasteiger partial charge in [-0.3, -0.25) is 9.13 Å². The van der Waals surface area contributed by atoms with Gasteiger partial charge in [-0.2, -0.15) is 13.2 Å². The molecule has 3 heterocycles. The molecule has 5 rings (SSSR count). The first-order chi connectivity index (χ1) is 17.2. The SMILES string of the molecule is COc1nccc2c1n(Cc1ccccc1C(F)(F)F)c(=O)n2C1CCN(c2c(F)cccc2F)C1. The monoisotopic (exact) mass is 504 g/mol. The third-order valence-electron chi connectivity index (χ3n) is 6.46. The van der Waals surface area contributed by atoms with Gasteiger partial charge in [-0.1, -0.05) is 24.3 Å². The highest BCUT2D eigenvalue weighted by molar-refractivity contribution is 5.81. The van der Waals surface area contributed by atoms with Crippen LogP contribution in [-0.4, -0.2) is 34.3 Å². The zero-order valence-electron chi connectivity index (χ0n) is 19.1. The van der Waals surface area contributed by atoms with E-state index in [0.29, 0.717) is 18.5 Å². The van der Waals surface area contributed by atoms with Crippen LogP contribution in [0.25, 0.3) is 11.0 Å². The van der Waals surface area contributed by atoms with Gasteiger partial charge in [-0.25, -0.2) is 18.6 Å². The maximum Gasteiger partial charge on any atom is 0.416 e. The number of fused-ring (bicyclic) bond motifs is 1. The molecule has 2 aromatic carbocycles. The van der Waals surface area contributed by atoms with E-state index >= 15 is 0 Å². The van der Waals surface area contributed by atoms with Crippen LogP contribution in [0, 0.1) is 11.6 Å². The number of methoxy groups -OCH3 is 1. The number of nitrogens with zero attached hydrogens (tertiary/aromatic N) is 4. The fourth-order valence-electron chi connectivity index (χ4n) is 4.90. The maximum absolute atomic E-state index is 14.4. The van der Waals surface area contributed by atoms with Crippen LogP contribution in [0.3, 0.4) is 0 Å². The fraction of sp³-hybridized carbons (Fsp3) is 0.280. The van der Waals surface area contributed by atoms with Crippen LogP contribution in [0.15, 0.2) is 59.5 Å². The van der Waals surface area contributed by atoms with Crippen molar-refractivity contribution in [3.05, 3.63) is 88.0 Å². The molecule has 188 valence electrons. The maximum atomic E-state index is 14.4. The number of halogens is 5. The Labute approximate surface area is 202 Å². The van der Waals surface area contributed by atoms with Crippen molar-refractivity contribution in [2.75, 3.05) is 25.1 Å². The van der Waals surface area contributed by atoms with E-state index in [1.165, 1.54) is 63.7 Å². The highest BCUT2D eigenvalue weighted by atomic mass is 19.4. The summed E-state index contributed by atoms with van der Waals surface area (Å²) in [7, 11) is 1.36. The second kappa shape index (κ2) is 8.96. The van der Waals surface area contributed by atoms with E-state index in [2.05, 4.69) is 4.98 Å². The zero-order valence-corrected chi connectivity index (χ0v) is 19.1. The van der Waals surface area contributed by atoms with Crippen LogP contribution in [0.5, 0.6) is 5.88 Å². The normalized spacial score (nSPS) is 16.2. The lowest BCUT2D eigenvalue weighted by Gasteiger charge is -2.20. The number of para-hydroxylation sites is 1. The minimum absolute atomic E-state index is 0.0847. The number of aromatic nitrogens is 3. The molecule has 1 saturated heterocycles. The van der Waals surface area contributed by atoms with E-state index in [-0.39, 0.29) is 35.7 Å². The number of rotatable bonds is 5. The predicted octanol–water partition coefficient (Wildman–Crippen LogP) is 5.00. The van der Waals surface area contributed by atoms with E-state index < -0.39 is 35.1 Å². The van der Waals surface area contributed by atoms with Gasteiger partial charge in [0.15, 0.2) is 0 Å². The first kappa shape index (κ1) is 23.8. The molecule has 0 aliphatic carbocycles. The summed E-state index contributed by atoms with van der Waals surface area (Å²) in [5, 5.41) is 0. The molecule has 1 aliphatic rings. The van der Waals surface area contributed by atoms with E-state index in [0.717, 1.165) is 6.07 Å². The Kier molecular flexibility index (Phi) is 5.93. The number of pyridine rings is 1. The van der Waals surface area contributed by atoms with Gasteiger partial charge < -0.3 is 9.64 Å². The third-order valence-corrected chi connectivity index (χ3v) is 6.46. The second-order valence-electron chi connectivity index (χ2n) is 8.54. The molecule has 11 heteroatoms. The van der Waals surface area contributed by atoms with Crippen molar-refractivity contribution in [2.24, 2.45) is 0 Å². The van der Waals surface area contributed by atoms with Crippen molar-refractivity contribution in [3.63, 3.8) is 0 Å². The standard InChI is InChI=1S/C25H21F5N4O2/c1-36-23-22-20(9-11-31-23)34(16-10-12-32(14-16)21-18(26)7-4-8-19(21)27)24(35)33(22)13-15-5-2-3-6-17(15)25(28,29)30/h2-9,11,16H,10,12-14H2,1H3. The quantitative estimate of drug-likeness (QED) is 0.359. The Balaban J connectivity index is 1.61. The van der Waals surface area contributed by atoms with Crippen LogP contribution in [0.1, 0.15) is 23.6 Å². The Morgan fingerprint density at radius 1 is 1.06 bits per heavy atom. The van der Waals surface area contributed by atoms with Gasteiger partial charge in [0.2, 0.25) is 5.88 Å². The number of ether oxygens (including phenoxy) is 1. The Morgan fingerprint density at radius 2 is 1.78 bits per heavy atom. The second-order valence-corrected chi connectivity index (χ2v) is 8.54. The summed E-state index contributed by atoms with van der Waals surface area (Å²) in [5.41, 5.74) is -1.000. The van der Waals surface area contributed by atoms with Crippen LogP contribution < -0.4 is 15.3 Å². The first-order valence-corrected chi connectivity index (χ1v) is 11.2. The Bertz CT molecular complexity index is 1470. The minimum atomic E-state index is -4.60. The largest absolute Gasteiger partial charge is 0.479 e. The summed E-state index contributed by atoms with van der Waals surface area (Å²) in [6.07, 6.45) is -2.76. The molecule has 1 unspecified atom stereocenters. The number of alkyl halides is 3. The van der Waals surface area contributed by atoms with Gasteiger partial charge in [0.05, 0.1) is 30.8 Å². The highest BCUT2D eigenvalue weighted by Gasteiger charge is 2.35. The van der Waals surface area contributed by atoms with Crippen molar-refractivity contribution in [1.82, 2.24) is 14.1 Å². The van der Waals surface area contributed by atoms with Crippen molar-refractivity contribution in [3.8, 4) is 5.88 Å². The van der Waals surface area contributed by atoms with Crippen LogP contribution in [0.4, 0.5) is 27.6 Å². The van der Waals surface area contributed by atoms with Crippen molar-refractivity contribution in [2.45, 2.75) is 25.2 Å². The predicted molar refractivity (Wildman–Crippen MR) is 123 cm³/mol. The van der Waals surface area contributed by atoms with Gasteiger partial charge in [0.25, 0.3) is 0 Å². The molecule has 4 aromatic rings. The summed E-state index contributed by atoms with van der Waals surface area (Å²) in [5.74, 6) is -1.33. The Hall–Kier alpha value is -3.89. The van der Waals surface area contributed by atoms with E-state index in [4.69, 9.17) is 4.74 Å². The summed E-state index contributed by atoms with van der Waals surface area (Å²) in [4.78, 5) is 19.3. The van der Waals surface area contributed by atoms with E-state index in [9.17, 15) is 26.7 Å². The van der Waals surface area contributed by atoms with Gasteiger partial charge in [0, 0.05) is 19.3 Å². The van der Waals surface area contributed by atoms with Crippen molar-refractivity contribution >= 4 is 16.7 Å². The molecular formula is C25H21F5N4O2.